The van der Waals surface area contributed by atoms with Crippen molar-refractivity contribution in [1.82, 2.24) is 0 Å². The summed E-state index contributed by atoms with van der Waals surface area (Å²) in [7, 11) is 0. The smallest absolute Gasteiger partial charge is 0.335 e. The Morgan fingerprint density at radius 2 is 1.88 bits per heavy atom. The maximum absolute atomic E-state index is 11.4. The van der Waals surface area contributed by atoms with Gasteiger partial charge in [0.05, 0.1) is 30.8 Å². The molecule has 0 aromatic rings. The third-order valence-electron chi connectivity index (χ3n) is 1.73. The monoisotopic (exact) mass is 225 g/mol. The van der Waals surface area contributed by atoms with Crippen LogP contribution in [0.15, 0.2) is 11.6 Å². The predicted octanol–water partition coefficient (Wildman–Crippen LogP) is 1.20. The highest BCUT2D eigenvalue weighted by molar-refractivity contribution is 5.97. The van der Waals surface area contributed by atoms with Gasteiger partial charge in [-0.2, -0.15) is 5.26 Å². The van der Waals surface area contributed by atoms with Gasteiger partial charge in [0.15, 0.2) is 0 Å². The Morgan fingerprint density at radius 3 is 2.31 bits per heavy atom. The molecule has 5 nitrogen and oxygen atoms in total. The number of rotatable bonds is 5. The van der Waals surface area contributed by atoms with Gasteiger partial charge >= 0.3 is 11.9 Å². The number of hydrogen-bond donors (Lipinski definition) is 0. The van der Waals surface area contributed by atoms with Crippen LogP contribution in [0.25, 0.3) is 0 Å². The van der Waals surface area contributed by atoms with Gasteiger partial charge in [-0.1, -0.05) is 0 Å². The lowest BCUT2D eigenvalue weighted by Gasteiger charge is -2.07. The molecule has 0 spiro atoms. The average Bonchev–Trinajstić information content (AvgIpc) is 2.25. The van der Waals surface area contributed by atoms with Gasteiger partial charge in [-0.3, -0.25) is 0 Å². The van der Waals surface area contributed by atoms with E-state index in [0.717, 1.165) is 6.08 Å². The summed E-state index contributed by atoms with van der Waals surface area (Å²) in [5.74, 6) is -2.01. The second-order valence-corrected chi connectivity index (χ2v) is 2.92. The molecule has 0 radical (unpaired) electrons. The first kappa shape index (κ1) is 14.2. The summed E-state index contributed by atoms with van der Waals surface area (Å²) >= 11 is 0. The highest BCUT2D eigenvalue weighted by Gasteiger charge is 2.19. The molecule has 0 rings (SSSR count). The van der Waals surface area contributed by atoms with Crippen LogP contribution in [0.3, 0.4) is 0 Å². The Bertz CT molecular complexity index is 327. The summed E-state index contributed by atoms with van der Waals surface area (Å²) < 4.78 is 9.40. The van der Waals surface area contributed by atoms with Crippen molar-refractivity contribution in [3.05, 3.63) is 11.6 Å². The third kappa shape index (κ3) is 4.60. The standard InChI is InChI=1S/C11H15NO4/c1-4-15-10(13)6-9(8(3)7-12)11(14)16-5-2/h6,8H,4-5H2,1-3H3. The van der Waals surface area contributed by atoms with E-state index in [9.17, 15) is 9.59 Å². The molecule has 0 heterocycles. The van der Waals surface area contributed by atoms with E-state index in [1.165, 1.54) is 6.92 Å². The van der Waals surface area contributed by atoms with E-state index in [1.54, 1.807) is 13.8 Å². The minimum Gasteiger partial charge on any atom is -0.463 e. The quantitative estimate of drug-likeness (QED) is 0.519. The number of ether oxygens (including phenoxy) is 2. The molecule has 0 amide bonds. The van der Waals surface area contributed by atoms with Crippen molar-refractivity contribution in [2.75, 3.05) is 13.2 Å². The second kappa shape index (κ2) is 7.46. The van der Waals surface area contributed by atoms with Crippen molar-refractivity contribution in [1.29, 1.82) is 5.26 Å². The van der Waals surface area contributed by atoms with E-state index in [2.05, 4.69) is 4.74 Å². The Balaban J connectivity index is 4.87. The molecule has 0 saturated heterocycles. The summed E-state index contributed by atoms with van der Waals surface area (Å²) in [5.41, 5.74) is 0.0165. The first-order chi connectivity index (χ1) is 7.56. The van der Waals surface area contributed by atoms with Crippen molar-refractivity contribution in [2.45, 2.75) is 20.8 Å². The van der Waals surface area contributed by atoms with Crippen LogP contribution in [0, 0.1) is 17.2 Å². The highest BCUT2D eigenvalue weighted by atomic mass is 16.5. The largest absolute Gasteiger partial charge is 0.463 e. The zero-order valence-electron chi connectivity index (χ0n) is 9.65. The normalized spacial score (nSPS) is 12.5. The maximum Gasteiger partial charge on any atom is 0.335 e. The van der Waals surface area contributed by atoms with Crippen LogP contribution in [0.4, 0.5) is 0 Å². The van der Waals surface area contributed by atoms with Gasteiger partial charge in [-0.05, 0) is 20.8 Å². The first-order valence-corrected chi connectivity index (χ1v) is 5.01. The molecule has 16 heavy (non-hydrogen) atoms. The van der Waals surface area contributed by atoms with E-state index >= 15 is 0 Å². The van der Waals surface area contributed by atoms with Gasteiger partial charge in [-0.25, -0.2) is 9.59 Å². The second-order valence-electron chi connectivity index (χ2n) is 2.92. The van der Waals surface area contributed by atoms with Gasteiger partial charge in [0.2, 0.25) is 0 Å². The minimum atomic E-state index is -0.705. The highest BCUT2D eigenvalue weighted by Crippen LogP contribution is 2.11. The van der Waals surface area contributed by atoms with Crippen LogP contribution in [0.1, 0.15) is 20.8 Å². The van der Waals surface area contributed by atoms with Crippen LogP contribution < -0.4 is 0 Å². The molecule has 0 bridgehead atoms. The van der Waals surface area contributed by atoms with E-state index in [-0.39, 0.29) is 18.8 Å². The fourth-order valence-electron chi connectivity index (χ4n) is 0.956. The van der Waals surface area contributed by atoms with Crippen molar-refractivity contribution >= 4 is 11.9 Å². The topological polar surface area (TPSA) is 76.4 Å². The lowest BCUT2D eigenvalue weighted by Crippen LogP contribution is -2.15. The van der Waals surface area contributed by atoms with Crippen molar-refractivity contribution in [3.63, 3.8) is 0 Å². The number of carbonyl (C=O) groups excluding carboxylic acids is 2. The van der Waals surface area contributed by atoms with Crippen LogP contribution >= 0.6 is 0 Å². The molecule has 0 N–H and O–H groups in total. The number of nitrogens with zero attached hydrogens (tertiary/aromatic N) is 1. The number of hydrogen-bond acceptors (Lipinski definition) is 5. The summed E-state index contributed by atoms with van der Waals surface area (Å²) in [6.07, 6.45) is 1.01. The van der Waals surface area contributed by atoms with E-state index < -0.39 is 17.9 Å². The fourth-order valence-corrected chi connectivity index (χ4v) is 0.956. The van der Waals surface area contributed by atoms with Gasteiger partial charge in [0.1, 0.15) is 0 Å². The van der Waals surface area contributed by atoms with Crippen molar-refractivity contribution in [2.24, 2.45) is 5.92 Å². The number of esters is 2. The Kier molecular flexibility index (Phi) is 6.61. The molecule has 1 atom stereocenters. The van der Waals surface area contributed by atoms with Gasteiger partial charge in [0.25, 0.3) is 0 Å². The van der Waals surface area contributed by atoms with E-state index in [0.29, 0.717) is 0 Å². The predicted molar refractivity (Wildman–Crippen MR) is 56.1 cm³/mol. The molecule has 0 saturated carbocycles. The first-order valence-electron chi connectivity index (χ1n) is 5.01. The van der Waals surface area contributed by atoms with Crippen LogP contribution in [-0.4, -0.2) is 25.2 Å². The van der Waals surface area contributed by atoms with Crippen molar-refractivity contribution < 1.29 is 19.1 Å². The fraction of sp³-hybridized carbons (Fsp3) is 0.545. The molecule has 1 unspecified atom stereocenters. The molecular formula is C11H15NO4. The summed E-state index contributed by atoms with van der Waals surface area (Å²) in [6, 6.07) is 1.87. The zero-order valence-corrected chi connectivity index (χ0v) is 9.65. The molecule has 0 fully saturated rings. The Hall–Kier alpha value is -1.83. The number of nitriles is 1. The summed E-state index contributed by atoms with van der Waals surface area (Å²) in [6.45, 7) is 5.23. The Morgan fingerprint density at radius 1 is 1.31 bits per heavy atom. The van der Waals surface area contributed by atoms with Crippen LogP contribution in [0.2, 0.25) is 0 Å². The molecule has 5 heteroatoms. The third-order valence-corrected chi connectivity index (χ3v) is 1.73. The average molecular weight is 225 g/mol. The van der Waals surface area contributed by atoms with Crippen LogP contribution in [0.5, 0.6) is 0 Å². The van der Waals surface area contributed by atoms with Gasteiger partial charge in [-0.15, -0.1) is 0 Å². The van der Waals surface area contributed by atoms with E-state index in [1.807, 2.05) is 6.07 Å². The maximum atomic E-state index is 11.4. The van der Waals surface area contributed by atoms with E-state index in [4.69, 9.17) is 10.00 Å². The molecule has 0 aromatic carbocycles. The number of carbonyl (C=O) groups is 2. The summed E-state index contributed by atoms with van der Waals surface area (Å²) in [5, 5.41) is 8.71. The molecule has 88 valence electrons. The van der Waals surface area contributed by atoms with Crippen LogP contribution in [-0.2, 0) is 19.1 Å². The SMILES string of the molecule is CCOC(=O)C=C(C(=O)OCC)C(C)C#N. The molecular weight excluding hydrogens is 210 g/mol. The molecule has 0 aliphatic rings. The van der Waals surface area contributed by atoms with Gasteiger partial charge < -0.3 is 9.47 Å². The zero-order chi connectivity index (χ0) is 12.6. The lowest BCUT2D eigenvalue weighted by atomic mass is 10.0. The molecule has 0 aliphatic carbocycles. The van der Waals surface area contributed by atoms with Crippen molar-refractivity contribution in [3.8, 4) is 6.07 Å². The lowest BCUT2D eigenvalue weighted by molar-refractivity contribution is -0.141. The summed E-state index contributed by atoms with van der Waals surface area (Å²) in [4.78, 5) is 22.6. The Labute approximate surface area is 94.6 Å². The minimum absolute atomic E-state index is 0.0165. The molecule has 0 aromatic heterocycles. The molecule has 0 aliphatic heterocycles. The van der Waals surface area contributed by atoms with Gasteiger partial charge in [0, 0.05) is 6.08 Å².